The number of alkyl halides is 1. The first-order valence-corrected chi connectivity index (χ1v) is 5.85. The summed E-state index contributed by atoms with van der Waals surface area (Å²) in [7, 11) is 0.113. The van der Waals surface area contributed by atoms with Crippen LogP contribution >= 0.6 is 22.6 Å². The summed E-state index contributed by atoms with van der Waals surface area (Å²) in [5.74, 6) is 0. The first kappa shape index (κ1) is 5.95. The van der Waals surface area contributed by atoms with E-state index in [-0.39, 0.29) is 8.80 Å². The van der Waals surface area contributed by atoms with Crippen LogP contribution in [0.3, 0.4) is 0 Å². The first-order valence-electron chi connectivity index (χ1n) is 1.62. The van der Waals surface area contributed by atoms with Gasteiger partial charge in [-0.3, -0.25) is 0 Å². The second-order valence-electron chi connectivity index (χ2n) is 1.34. The van der Waals surface area contributed by atoms with Crippen molar-refractivity contribution in [2.75, 3.05) is 4.05 Å². The van der Waals surface area contributed by atoms with Gasteiger partial charge in [0.05, 0.1) is 8.80 Å². The minimum absolute atomic E-state index is 0.113. The highest BCUT2D eigenvalue weighted by atomic mass is 127. The Bertz CT molecular complexity index is 20.9. The molecule has 0 aliphatic heterocycles. The molecular weight excluding hydrogens is 191 g/mol. The fourth-order valence-corrected chi connectivity index (χ4v) is 0. The van der Waals surface area contributed by atoms with Gasteiger partial charge in [-0.15, -0.1) is 0 Å². The Labute approximate surface area is 48.7 Å². The summed E-state index contributed by atoms with van der Waals surface area (Å²) in [5, 5.41) is 0. The molecule has 0 nitrogen and oxygen atoms in total. The molecule has 0 aliphatic carbocycles. The minimum atomic E-state index is 0.113. The Morgan fingerprint density at radius 1 is 1.60 bits per heavy atom. The molecule has 0 heterocycles. The van der Waals surface area contributed by atoms with Gasteiger partial charge in [0.2, 0.25) is 0 Å². The summed E-state index contributed by atoms with van der Waals surface area (Å²) < 4.78 is 1.38. The van der Waals surface area contributed by atoms with Crippen molar-refractivity contribution in [2.24, 2.45) is 0 Å². The van der Waals surface area contributed by atoms with Crippen molar-refractivity contribution in [1.82, 2.24) is 0 Å². The third kappa shape index (κ3) is 4.95. The van der Waals surface area contributed by atoms with Crippen molar-refractivity contribution in [3.63, 3.8) is 0 Å². The van der Waals surface area contributed by atoms with Crippen LogP contribution in [0.15, 0.2) is 0 Å². The molecule has 0 bridgehead atoms. The van der Waals surface area contributed by atoms with E-state index in [2.05, 4.69) is 35.7 Å². The highest BCUT2D eigenvalue weighted by Crippen LogP contribution is 1.85. The number of hydrogen-bond donors (Lipinski definition) is 0. The quantitative estimate of drug-likeness (QED) is 0.342. The standard InChI is InChI=1S/C3H8ISi/c1-5(2)3-4/h3H2,1-2H3. The lowest BCUT2D eigenvalue weighted by molar-refractivity contribution is 1.91. The Morgan fingerprint density at radius 2 is 1.80 bits per heavy atom. The van der Waals surface area contributed by atoms with Gasteiger partial charge < -0.3 is 0 Å². The van der Waals surface area contributed by atoms with Gasteiger partial charge in [0.15, 0.2) is 0 Å². The van der Waals surface area contributed by atoms with Gasteiger partial charge in [-0.05, 0) is 4.05 Å². The zero-order valence-electron chi connectivity index (χ0n) is 3.59. The van der Waals surface area contributed by atoms with Gasteiger partial charge in [-0.2, -0.15) is 0 Å². The van der Waals surface area contributed by atoms with E-state index in [1.807, 2.05) is 0 Å². The molecule has 0 aromatic heterocycles. The van der Waals surface area contributed by atoms with Gasteiger partial charge in [0.25, 0.3) is 0 Å². The maximum atomic E-state index is 2.42. The van der Waals surface area contributed by atoms with E-state index in [0.29, 0.717) is 0 Å². The molecule has 0 aliphatic rings. The summed E-state index contributed by atoms with van der Waals surface area (Å²) in [6.45, 7) is 4.63. The monoisotopic (exact) mass is 199 g/mol. The molecular formula is C3H8ISi. The maximum Gasteiger partial charge on any atom is 0.0527 e. The van der Waals surface area contributed by atoms with Crippen molar-refractivity contribution in [3.05, 3.63) is 0 Å². The molecule has 0 amide bonds. The molecule has 0 rings (SSSR count). The fourth-order valence-electron chi connectivity index (χ4n) is 0. The Morgan fingerprint density at radius 3 is 1.80 bits per heavy atom. The molecule has 0 unspecified atom stereocenters. The molecule has 0 aromatic rings. The van der Waals surface area contributed by atoms with Crippen LogP contribution in [0.1, 0.15) is 0 Å². The summed E-state index contributed by atoms with van der Waals surface area (Å²) in [5.41, 5.74) is 0. The lowest BCUT2D eigenvalue weighted by Gasteiger charge is -1.85. The SMILES string of the molecule is C[Si](C)CI. The van der Waals surface area contributed by atoms with Crippen molar-refractivity contribution in [2.45, 2.75) is 13.1 Å². The van der Waals surface area contributed by atoms with Crippen LogP contribution in [0.25, 0.3) is 0 Å². The Kier molecular flexibility index (Phi) is 3.75. The molecule has 2 heteroatoms. The second-order valence-corrected chi connectivity index (χ2v) is 6.31. The zero-order valence-corrected chi connectivity index (χ0v) is 6.74. The summed E-state index contributed by atoms with van der Waals surface area (Å²) in [6.07, 6.45) is 0. The van der Waals surface area contributed by atoms with Crippen molar-refractivity contribution in [1.29, 1.82) is 0 Å². The minimum Gasteiger partial charge on any atom is -0.0900 e. The number of rotatable bonds is 1. The molecule has 0 atom stereocenters. The van der Waals surface area contributed by atoms with E-state index in [9.17, 15) is 0 Å². The molecule has 0 saturated carbocycles. The molecule has 0 fully saturated rings. The highest BCUT2D eigenvalue weighted by Gasteiger charge is 1.85. The summed E-state index contributed by atoms with van der Waals surface area (Å²) in [6, 6.07) is 0. The second kappa shape index (κ2) is 3.15. The van der Waals surface area contributed by atoms with Crippen LogP contribution in [0, 0.1) is 0 Å². The van der Waals surface area contributed by atoms with E-state index in [1.165, 1.54) is 4.05 Å². The van der Waals surface area contributed by atoms with Crippen LogP contribution < -0.4 is 0 Å². The molecule has 0 spiro atoms. The highest BCUT2D eigenvalue weighted by molar-refractivity contribution is 14.1. The van der Waals surface area contributed by atoms with E-state index in [0.717, 1.165) is 0 Å². The molecule has 31 valence electrons. The van der Waals surface area contributed by atoms with Gasteiger partial charge in [0.1, 0.15) is 0 Å². The molecule has 0 aromatic carbocycles. The Hall–Kier alpha value is 0.947. The predicted octanol–water partition coefficient (Wildman–Crippen LogP) is 1.72. The van der Waals surface area contributed by atoms with Crippen molar-refractivity contribution >= 4 is 31.4 Å². The van der Waals surface area contributed by atoms with Gasteiger partial charge in [-0.25, -0.2) is 0 Å². The third-order valence-electron chi connectivity index (χ3n) is 0.267. The van der Waals surface area contributed by atoms with Crippen LogP contribution in [0.5, 0.6) is 0 Å². The number of halogens is 1. The van der Waals surface area contributed by atoms with E-state index < -0.39 is 0 Å². The van der Waals surface area contributed by atoms with Gasteiger partial charge in [0, 0.05) is 0 Å². The van der Waals surface area contributed by atoms with Crippen LogP contribution in [-0.4, -0.2) is 12.8 Å². The average molecular weight is 199 g/mol. The molecule has 0 saturated heterocycles. The molecule has 5 heavy (non-hydrogen) atoms. The maximum absolute atomic E-state index is 2.42. The first-order chi connectivity index (χ1) is 2.27. The fraction of sp³-hybridized carbons (Fsp3) is 1.00. The normalized spacial score (nSPS) is 9.60. The van der Waals surface area contributed by atoms with Crippen LogP contribution in [0.4, 0.5) is 0 Å². The number of hydrogen-bond acceptors (Lipinski definition) is 0. The van der Waals surface area contributed by atoms with Crippen molar-refractivity contribution < 1.29 is 0 Å². The van der Waals surface area contributed by atoms with E-state index in [1.54, 1.807) is 0 Å². The van der Waals surface area contributed by atoms with Gasteiger partial charge in [-0.1, -0.05) is 35.7 Å². The zero-order chi connectivity index (χ0) is 4.28. The summed E-state index contributed by atoms with van der Waals surface area (Å²) in [4.78, 5) is 0. The van der Waals surface area contributed by atoms with Crippen molar-refractivity contribution in [3.8, 4) is 0 Å². The van der Waals surface area contributed by atoms with Crippen LogP contribution in [-0.2, 0) is 0 Å². The lowest BCUT2D eigenvalue weighted by atomic mass is 11.8. The third-order valence-corrected chi connectivity index (χ3v) is 5.38. The largest absolute Gasteiger partial charge is 0.0900 e. The topological polar surface area (TPSA) is 0 Å². The van der Waals surface area contributed by atoms with E-state index in [4.69, 9.17) is 0 Å². The van der Waals surface area contributed by atoms with E-state index >= 15 is 0 Å². The van der Waals surface area contributed by atoms with Crippen LogP contribution in [0.2, 0.25) is 13.1 Å². The molecule has 0 N–H and O–H groups in total. The molecule has 1 radical (unpaired) electrons. The van der Waals surface area contributed by atoms with Gasteiger partial charge >= 0.3 is 0 Å². The smallest absolute Gasteiger partial charge is 0.0527 e. The summed E-state index contributed by atoms with van der Waals surface area (Å²) >= 11 is 2.42. The Balaban J connectivity index is 2.54. The predicted molar refractivity (Wildman–Crippen MR) is 36.4 cm³/mol. The lowest BCUT2D eigenvalue weighted by Crippen LogP contribution is -1.99. The average Bonchev–Trinajstić information content (AvgIpc) is 1.38.